The molecular formula is C19H30N2O4S. The number of aromatic nitrogens is 1. The largest absolute Gasteiger partial charge is 0.379 e. The molecule has 0 saturated carbocycles. The SMILES string of the molecule is CCOCCOC1CCOC2(CCN(C(=O)c3sc(C)nc3C)CC2)C1. The van der Waals surface area contributed by atoms with Crippen molar-refractivity contribution in [1.82, 2.24) is 9.88 Å². The Labute approximate surface area is 159 Å². The Morgan fingerprint density at radius 3 is 2.77 bits per heavy atom. The molecule has 1 atom stereocenters. The zero-order valence-corrected chi connectivity index (χ0v) is 16.9. The third kappa shape index (κ3) is 4.63. The highest BCUT2D eigenvalue weighted by Crippen LogP contribution is 2.36. The van der Waals surface area contributed by atoms with E-state index < -0.39 is 0 Å². The second-order valence-corrected chi connectivity index (χ2v) is 8.36. The van der Waals surface area contributed by atoms with E-state index in [0.29, 0.717) is 13.2 Å². The number of likely N-dealkylation sites (tertiary alicyclic amines) is 1. The third-order valence-electron chi connectivity index (χ3n) is 5.29. The van der Waals surface area contributed by atoms with Crippen molar-refractivity contribution in [2.75, 3.05) is 39.5 Å². The predicted molar refractivity (Wildman–Crippen MR) is 101 cm³/mol. The number of rotatable bonds is 6. The normalized spacial score (nSPS) is 22.7. The van der Waals surface area contributed by atoms with Gasteiger partial charge < -0.3 is 19.1 Å². The lowest BCUT2D eigenvalue weighted by molar-refractivity contribution is -0.155. The van der Waals surface area contributed by atoms with E-state index in [0.717, 1.165) is 67.6 Å². The number of carbonyl (C=O) groups is 1. The molecule has 26 heavy (non-hydrogen) atoms. The van der Waals surface area contributed by atoms with Crippen LogP contribution >= 0.6 is 11.3 Å². The molecule has 0 bridgehead atoms. The number of hydrogen-bond donors (Lipinski definition) is 0. The molecule has 146 valence electrons. The van der Waals surface area contributed by atoms with Gasteiger partial charge in [0.05, 0.1) is 35.6 Å². The van der Waals surface area contributed by atoms with Gasteiger partial charge in [-0.05, 0) is 40.0 Å². The Kier molecular flexibility index (Phi) is 6.66. The van der Waals surface area contributed by atoms with Crippen LogP contribution in [0.1, 0.15) is 53.0 Å². The van der Waals surface area contributed by atoms with Crippen LogP contribution in [0.5, 0.6) is 0 Å². The second kappa shape index (κ2) is 8.78. The average molecular weight is 383 g/mol. The summed E-state index contributed by atoms with van der Waals surface area (Å²) < 4.78 is 17.5. The first-order valence-corrected chi connectivity index (χ1v) is 10.4. The summed E-state index contributed by atoms with van der Waals surface area (Å²) in [4.78, 5) is 19.9. The molecule has 6 nitrogen and oxygen atoms in total. The van der Waals surface area contributed by atoms with Gasteiger partial charge >= 0.3 is 0 Å². The van der Waals surface area contributed by atoms with Crippen molar-refractivity contribution in [3.63, 3.8) is 0 Å². The van der Waals surface area contributed by atoms with E-state index in [1.807, 2.05) is 25.7 Å². The van der Waals surface area contributed by atoms with Crippen molar-refractivity contribution in [3.8, 4) is 0 Å². The summed E-state index contributed by atoms with van der Waals surface area (Å²) in [5.41, 5.74) is 0.707. The van der Waals surface area contributed by atoms with Crippen LogP contribution < -0.4 is 0 Å². The molecule has 7 heteroatoms. The topological polar surface area (TPSA) is 60.9 Å². The van der Waals surface area contributed by atoms with Crippen LogP contribution in [0.3, 0.4) is 0 Å². The standard InChI is InChI=1S/C19H30N2O4S/c1-4-23-11-12-24-16-5-10-25-19(13-16)6-8-21(9-7-19)18(22)17-14(2)20-15(3)26-17/h16H,4-13H2,1-3H3. The van der Waals surface area contributed by atoms with Crippen molar-refractivity contribution in [1.29, 1.82) is 0 Å². The lowest BCUT2D eigenvalue weighted by Crippen LogP contribution is -2.52. The zero-order chi connectivity index (χ0) is 18.6. The molecule has 3 heterocycles. The van der Waals surface area contributed by atoms with Crippen molar-refractivity contribution in [2.24, 2.45) is 0 Å². The summed E-state index contributed by atoms with van der Waals surface area (Å²) in [5.74, 6) is 0.114. The van der Waals surface area contributed by atoms with E-state index in [2.05, 4.69) is 4.98 Å². The van der Waals surface area contributed by atoms with Crippen LogP contribution in [-0.2, 0) is 14.2 Å². The summed E-state index contributed by atoms with van der Waals surface area (Å²) in [7, 11) is 0. The second-order valence-electron chi connectivity index (χ2n) is 7.15. The Bertz CT molecular complexity index is 611. The van der Waals surface area contributed by atoms with Crippen molar-refractivity contribution >= 4 is 17.2 Å². The van der Waals surface area contributed by atoms with Crippen LogP contribution in [0.15, 0.2) is 0 Å². The number of amides is 1. The molecular weight excluding hydrogens is 352 g/mol. The molecule has 3 rings (SSSR count). The smallest absolute Gasteiger partial charge is 0.265 e. The van der Waals surface area contributed by atoms with Gasteiger partial charge in [0.1, 0.15) is 4.88 Å². The number of piperidine rings is 1. The highest BCUT2D eigenvalue weighted by Gasteiger charge is 2.41. The Morgan fingerprint density at radius 1 is 1.35 bits per heavy atom. The van der Waals surface area contributed by atoms with Gasteiger partial charge in [-0.25, -0.2) is 4.98 Å². The minimum Gasteiger partial charge on any atom is -0.379 e. The zero-order valence-electron chi connectivity index (χ0n) is 16.1. The molecule has 1 spiro atoms. The minimum atomic E-state index is -0.135. The molecule has 0 aromatic carbocycles. The molecule has 0 radical (unpaired) electrons. The molecule has 0 N–H and O–H groups in total. The van der Waals surface area contributed by atoms with E-state index in [1.54, 1.807) is 0 Å². The van der Waals surface area contributed by atoms with Crippen molar-refractivity contribution in [3.05, 3.63) is 15.6 Å². The molecule has 1 aromatic rings. The molecule has 1 unspecified atom stereocenters. The first-order valence-electron chi connectivity index (χ1n) is 9.59. The number of carbonyl (C=O) groups excluding carboxylic acids is 1. The maximum Gasteiger partial charge on any atom is 0.265 e. The lowest BCUT2D eigenvalue weighted by atomic mass is 9.83. The molecule has 1 amide bonds. The molecule has 2 aliphatic rings. The fourth-order valence-electron chi connectivity index (χ4n) is 3.88. The van der Waals surface area contributed by atoms with E-state index in [1.165, 1.54) is 11.3 Å². The van der Waals surface area contributed by atoms with Gasteiger partial charge in [0.2, 0.25) is 0 Å². The van der Waals surface area contributed by atoms with Gasteiger partial charge in [0.15, 0.2) is 0 Å². The van der Waals surface area contributed by atoms with Crippen molar-refractivity contribution in [2.45, 2.75) is 58.2 Å². The summed E-state index contributed by atoms with van der Waals surface area (Å²) in [6.07, 6.45) is 3.84. The van der Waals surface area contributed by atoms with Gasteiger partial charge in [0.25, 0.3) is 5.91 Å². The quantitative estimate of drug-likeness (QED) is 0.708. The summed E-state index contributed by atoms with van der Waals surface area (Å²) >= 11 is 1.49. The summed E-state index contributed by atoms with van der Waals surface area (Å²) in [6, 6.07) is 0. The van der Waals surface area contributed by atoms with Crippen molar-refractivity contribution < 1.29 is 19.0 Å². The van der Waals surface area contributed by atoms with E-state index in [9.17, 15) is 4.79 Å². The maximum atomic E-state index is 12.8. The van der Waals surface area contributed by atoms with Gasteiger partial charge in [-0.3, -0.25) is 4.79 Å². The van der Waals surface area contributed by atoms with E-state index in [4.69, 9.17) is 14.2 Å². The van der Waals surface area contributed by atoms with Crippen LogP contribution in [-0.4, -0.2) is 67.0 Å². The Balaban J connectivity index is 1.52. The van der Waals surface area contributed by atoms with Gasteiger partial charge in [-0.2, -0.15) is 0 Å². The van der Waals surface area contributed by atoms with E-state index >= 15 is 0 Å². The number of nitrogens with zero attached hydrogens (tertiary/aromatic N) is 2. The molecule has 0 aliphatic carbocycles. The summed E-state index contributed by atoms with van der Waals surface area (Å²) in [6.45, 7) is 10.1. The first kappa shape index (κ1) is 19.7. The van der Waals surface area contributed by atoms with E-state index in [-0.39, 0.29) is 17.6 Å². The maximum absolute atomic E-state index is 12.8. The average Bonchev–Trinajstić information content (AvgIpc) is 2.97. The summed E-state index contributed by atoms with van der Waals surface area (Å²) in [5, 5.41) is 0.946. The number of thiazole rings is 1. The fourth-order valence-corrected chi connectivity index (χ4v) is 4.77. The van der Waals surface area contributed by atoms with Crippen LogP contribution in [0.25, 0.3) is 0 Å². The number of hydrogen-bond acceptors (Lipinski definition) is 6. The van der Waals surface area contributed by atoms with Gasteiger partial charge in [-0.1, -0.05) is 0 Å². The number of ether oxygens (including phenoxy) is 3. The fraction of sp³-hybridized carbons (Fsp3) is 0.789. The predicted octanol–water partition coefficient (Wildman–Crippen LogP) is 2.97. The molecule has 2 saturated heterocycles. The molecule has 2 aliphatic heterocycles. The molecule has 2 fully saturated rings. The van der Waals surface area contributed by atoms with Crippen LogP contribution in [0, 0.1) is 13.8 Å². The monoisotopic (exact) mass is 382 g/mol. The minimum absolute atomic E-state index is 0.114. The van der Waals surface area contributed by atoms with Gasteiger partial charge in [-0.15, -0.1) is 11.3 Å². The van der Waals surface area contributed by atoms with Crippen LogP contribution in [0.4, 0.5) is 0 Å². The Morgan fingerprint density at radius 2 is 2.12 bits per heavy atom. The third-order valence-corrected chi connectivity index (χ3v) is 6.35. The van der Waals surface area contributed by atoms with Crippen LogP contribution in [0.2, 0.25) is 0 Å². The van der Waals surface area contributed by atoms with Gasteiger partial charge in [0, 0.05) is 32.7 Å². The molecule has 1 aromatic heterocycles. The highest BCUT2D eigenvalue weighted by atomic mass is 32.1. The Hall–Kier alpha value is -1.02. The lowest BCUT2D eigenvalue weighted by Gasteiger charge is -2.46. The first-order chi connectivity index (χ1) is 12.5. The highest BCUT2D eigenvalue weighted by molar-refractivity contribution is 7.13. The number of aryl methyl sites for hydroxylation is 2.